The van der Waals surface area contributed by atoms with Crippen LogP contribution in [0.4, 0.5) is 0 Å². The molecule has 0 atom stereocenters. The van der Waals surface area contributed by atoms with Gasteiger partial charge in [-0.05, 0) is 53.1 Å². The Morgan fingerprint density at radius 1 is 0.380 bits per heavy atom. The minimum absolute atomic E-state index is 0.566. The summed E-state index contributed by atoms with van der Waals surface area (Å²) >= 11 is 0. The molecule has 0 saturated heterocycles. The second-order valence-electron chi connectivity index (χ2n) is 12.5. The number of rotatable bonds is 5. The molecule has 0 aliphatic rings. The van der Waals surface area contributed by atoms with Crippen molar-refractivity contribution in [3.8, 4) is 51.0 Å². The average molecular weight is 641 g/mol. The molecule has 10 rings (SSSR count). The Kier molecular flexibility index (Phi) is 6.42. The summed E-state index contributed by atoms with van der Waals surface area (Å²) in [5.41, 5.74) is 10.1. The van der Waals surface area contributed by atoms with E-state index in [-0.39, 0.29) is 0 Å². The van der Waals surface area contributed by atoms with Crippen LogP contribution >= 0.6 is 0 Å². The zero-order valence-corrected chi connectivity index (χ0v) is 26.9. The number of aromatic nitrogens is 4. The summed E-state index contributed by atoms with van der Waals surface area (Å²) in [6, 6.07) is 58.6. The maximum absolute atomic E-state index is 6.49. The van der Waals surface area contributed by atoms with Crippen LogP contribution in [0.3, 0.4) is 0 Å². The van der Waals surface area contributed by atoms with Crippen molar-refractivity contribution in [3.05, 3.63) is 170 Å². The minimum Gasteiger partial charge on any atom is -0.455 e. The molecule has 0 radical (unpaired) electrons. The smallest absolute Gasteiger partial charge is 0.238 e. The van der Waals surface area contributed by atoms with E-state index < -0.39 is 0 Å². The van der Waals surface area contributed by atoms with Gasteiger partial charge in [0.2, 0.25) is 5.95 Å². The molecule has 0 N–H and O–H groups in total. The lowest BCUT2D eigenvalue weighted by Crippen LogP contribution is -2.06. The number of hydrogen-bond donors (Lipinski definition) is 0. The van der Waals surface area contributed by atoms with Crippen LogP contribution in [0.1, 0.15) is 0 Å². The van der Waals surface area contributed by atoms with Crippen molar-refractivity contribution in [2.24, 2.45) is 0 Å². The highest BCUT2D eigenvalue weighted by molar-refractivity contribution is 6.11. The fourth-order valence-electron chi connectivity index (χ4n) is 7.09. The van der Waals surface area contributed by atoms with Gasteiger partial charge in [0, 0.05) is 38.2 Å². The van der Waals surface area contributed by atoms with E-state index in [0.717, 1.165) is 66.0 Å². The van der Waals surface area contributed by atoms with E-state index in [2.05, 4.69) is 120 Å². The maximum atomic E-state index is 6.49. The largest absolute Gasteiger partial charge is 0.455 e. The van der Waals surface area contributed by atoms with Gasteiger partial charge in [-0.15, -0.1) is 0 Å². The summed E-state index contributed by atoms with van der Waals surface area (Å²) < 4.78 is 8.65. The van der Waals surface area contributed by atoms with E-state index >= 15 is 0 Å². The van der Waals surface area contributed by atoms with Crippen molar-refractivity contribution in [2.45, 2.75) is 0 Å². The molecule has 234 valence electrons. The third kappa shape index (κ3) is 4.60. The molecule has 10 aromatic rings. The number of para-hydroxylation sites is 2. The molecule has 0 amide bonds. The molecule has 0 saturated carbocycles. The maximum Gasteiger partial charge on any atom is 0.238 e. The predicted molar refractivity (Wildman–Crippen MR) is 203 cm³/mol. The fraction of sp³-hybridized carbons (Fsp3) is 0. The van der Waals surface area contributed by atoms with Gasteiger partial charge in [-0.25, -0.2) is 4.98 Å². The highest BCUT2D eigenvalue weighted by atomic mass is 16.3. The Morgan fingerprint density at radius 2 is 0.980 bits per heavy atom. The molecule has 0 fully saturated rings. The van der Waals surface area contributed by atoms with E-state index in [0.29, 0.717) is 17.6 Å². The van der Waals surface area contributed by atoms with Crippen LogP contribution in [0.5, 0.6) is 0 Å². The van der Waals surface area contributed by atoms with Gasteiger partial charge in [-0.2, -0.15) is 9.97 Å². The number of hydrogen-bond acceptors (Lipinski definition) is 4. The summed E-state index contributed by atoms with van der Waals surface area (Å²) in [6.07, 6.45) is 0. The molecule has 5 heteroatoms. The summed E-state index contributed by atoms with van der Waals surface area (Å²) in [5.74, 6) is 1.77. The Labute approximate surface area is 287 Å². The molecular formula is C45H28N4O. The van der Waals surface area contributed by atoms with Crippen molar-refractivity contribution in [3.63, 3.8) is 0 Å². The fourth-order valence-corrected chi connectivity index (χ4v) is 7.09. The molecule has 50 heavy (non-hydrogen) atoms. The van der Waals surface area contributed by atoms with Gasteiger partial charge >= 0.3 is 0 Å². The Bertz CT molecular complexity index is 2860. The molecule has 3 heterocycles. The minimum atomic E-state index is 0.566. The van der Waals surface area contributed by atoms with E-state index in [1.54, 1.807) is 0 Å². The van der Waals surface area contributed by atoms with Gasteiger partial charge in [0.25, 0.3) is 0 Å². The van der Waals surface area contributed by atoms with Gasteiger partial charge in [0.15, 0.2) is 11.6 Å². The van der Waals surface area contributed by atoms with Gasteiger partial charge < -0.3 is 4.42 Å². The average Bonchev–Trinajstić information content (AvgIpc) is 3.74. The van der Waals surface area contributed by atoms with Crippen LogP contribution in [0.2, 0.25) is 0 Å². The summed E-state index contributed by atoms with van der Waals surface area (Å²) in [7, 11) is 0. The standard InChI is InChI=1S/C45H28N4O/c1-4-13-29(14-5-1)32-23-25-40-37(27-32)35-19-10-11-22-39(35)49(40)45-47-43(31-17-8-3-9-18-31)46-44(48-45)33-24-26-41-38(28-33)36-21-12-20-34(42(36)50-41)30-15-6-2-7-16-30/h1-28H. The summed E-state index contributed by atoms with van der Waals surface area (Å²) in [5, 5.41) is 4.36. The van der Waals surface area contributed by atoms with Crippen molar-refractivity contribution < 1.29 is 4.42 Å². The highest BCUT2D eigenvalue weighted by Crippen LogP contribution is 2.38. The van der Waals surface area contributed by atoms with Crippen LogP contribution in [-0.2, 0) is 0 Å². The normalized spacial score (nSPS) is 11.6. The first-order valence-electron chi connectivity index (χ1n) is 16.7. The lowest BCUT2D eigenvalue weighted by Gasteiger charge is -2.11. The molecule has 3 aromatic heterocycles. The number of fused-ring (bicyclic) bond motifs is 6. The van der Waals surface area contributed by atoms with Gasteiger partial charge in [0.1, 0.15) is 11.2 Å². The molecule has 0 spiro atoms. The second-order valence-corrected chi connectivity index (χ2v) is 12.5. The predicted octanol–water partition coefficient (Wildman–Crippen LogP) is 11.5. The third-order valence-electron chi connectivity index (χ3n) is 9.48. The lowest BCUT2D eigenvalue weighted by atomic mass is 10.0. The van der Waals surface area contributed by atoms with Gasteiger partial charge in [-0.3, -0.25) is 4.57 Å². The second kappa shape index (κ2) is 11.4. The summed E-state index contributed by atoms with van der Waals surface area (Å²) in [6.45, 7) is 0. The highest BCUT2D eigenvalue weighted by Gasteiger charge is 2.19. The SMILES string of the molecule is c1ccc(-c2ccc3c(c2)c2ccccc2n3-c2nc(-c3ccccc3)nc(-c3ccc4oc5c(-c6ccccc6)cccc5c4c3)n2)cc1. The van der Waals surface area contributed by atoms with Crippen LogP contribution in [0, 0.1) is 0 Å². The molecule has 0 aliphatic carbocycles. The molecule has 0 aliphatic heterocycles. The van der Waals surface area contributed by atoms with Crippen molar-refractivity contribution in [1.82, 2.24) is 19.5 Å². The summed E-state index contributed by atoms with van der Waals surface area (Å²) in [4.78, 5) is 15.4. The van der Waals surface area contributed by atoms with Gasteiger partial charge in [-0.1, -0.05) is 133 Å². The van der Waals surface area contributed by atoms with E-state index in [1.165, 1.54) is 11.1 Å². The zero-order chi connectivity index (χ0) is 33.0. The van der Waals surface area contributed by atoms with Gasteiger partial charge in [0.05, 0.1) is 11.0 Å². The van der Waals surface area contributed by atoms with E-state index in [4.69, 9.17) is 19.4 Å². The third-order valence-corrected chi connectivity index (χ3v) is 9.48. The first-order chi connectivity index (χ1) is 24.8. The molecule has 7 aromatic carbocycles. The lowest BCUT2D eigenvalue weighted by molar-refractivity contribution is 0.670. The number of benzene rings is 7. The van der Waals surface area contributed by atoms with Crippen LogP contribution in [0.15, 0.2) is 174 Å². The Balaban J connectivity index is 1.19. The topological polar surface area (TPSA) is 56.7 Å². The Morgan fingerprint density at radius 3 is 1.76 bits per heavy atom. The van der Waals surface area contributed by atoms with Crippen LogP contribution in [-0.4, -0.2) is 19.5 Å². The van der Waals surface area contributed by atoms with E-state index in [9.17, 15) is 0 Å². The molecule has 0 bridgehead atoms. The monoisotopic (exact) mass is 640 g/mol. The Hall–Kier alpha value is -6.85. The zero-order valence-electron chi connectivity index (χ0n) is 26.9. The first-order valence-corrected chi connectivity index (χ1v) is 16.7. The van der Waals surface area contributed by atoms with Crippen molar-refractivity contribution in [2.75, 3.05) is 0 Å². The van der Waals surface area contributed by atoms with E-state index in [1.807, 2.05) is 54.6 Å². The molecule has 5 nitrogen and oxygen atoms in total. The molecular weight excluding hydrogens is 613 g/mol. The number of furan rings is 1. The number of nitrogens with zero attached hydrogens (tertiary/aromatic N) is 4. The first kappa shape index (κ1) is 28.2. The quantitative estimate of drug-likeness (QED) is 0.188. The molecule has 0 unspecified atom stereocenters. The van der Waals surface area contributed by atoms with Crippen LogP contribution in [0.25, 0.3) is 94.7 Å². The van der Waals surface area contributed by atoms with Crippen LogP contribution < -0.4 is 0 Å². The van der Waals surface area contributed by atoms with Crippen molar-refractivity contribution >= 4 is 43.7 Å². The van der Waals surface area contributed by atoms with Crippen molar-refractivity contribution in [1.29, 1.82) is 0 Å².